The molecule has 1 rings (SSSR count). The first-order valence-corrected chi connectivity index (χ1v) is 5.01. The predicted molar refractivity (Wildman–Crippen MR) is 59.8 cm³/mol. The van der Waals surface area contributed by atoms with E-state index in [1.54, 1.807) is 12.1 Å². The molecular formula is C11H18N2O2. The van der Waals surface area contributed by atoms with Gasteiger partial charge in [0.1, 0.15) is 6.10 Å². The topological polar surface area (TPSA) is 65.1 Å². The van der Waals surface area contributed by atoms with Crippen LogP contribution in [0, 0.1) is 0 Å². The van der Waals surface area contributed by atoms with Crippen molar-refractivity contribution < 1.29 is 5.11 Å². The van der Waals surface area contributed by atoms with Crippen molar-refractivity contribution in [1.82, 2.24) is 10.3 Å². The molecule has 0 amide bonds. The number of H-pyrrole nitrogens is 1. The molecule has 0 aliphatic heterocycles. The average Bonchev–Trinajstić information content (AvgIpc) is 2.13. The van der Waals surface area contributed by atoms with Crippen LogP contribution in [0.2, 0.25) is 0 Å². The molecule has 0 aliphatic rings. The number of aliphatic hydroxyl groups is 1. The van der Waals surface area contributed by atoms with Gasteiger partial charge in [0, 0.05) is 23.8 Å². The highest BCUT2D eigenvalue weighted by molar-refractivity contribution is 5.07. The number of nitrogens with one attached hydrogen (secondary N) is 2. The molecule has 4 nitrogen and oxygen atoms in total. The molecule has 0 bridgehead atoms. The van der Waals surface area contributed by atoms with E-state index in [2.05, 4.69) is 10.3 Å². The summed E-state index contributed by atoms with van der Waals surface area (Å²) in [6, 6.07) is 4.76. The summed E-state index contributed by atoms with van der Waals surface area (Å²) in [6.07, 6.45) is -0.682. The van der Waals surface area contributed by atoms with Gasteiger partial charge < -0.3 is 15.4 Å². The van der Waals surface area contributed by atoms with Gasteiger partial charge in [-0.05, 0) is 26.8 Å². The van der Waals surface area contributed by atoms with Gasteiger partial charge in [-0.15, -0.1) is 0 Å². The molecule has 15 heavy (non-hydrogen) atoms. The third-order valence-corrected chi connectivity index (χ3v) is 1.98. The Morgan fingerprint density at radius 1 is 1.47 bits per heavy atom. The maximum atomic E-state index is 11.0. The summed E-state index contributed by atoms with van der Waals surface area (Å²) < 4.78 is 0. The Kier molecular flexibility index (Phi) is 3.66. The highest BCUT2D eigenvalue weighted by Crippen LogP contribution is 2.08. The van der Waals surface area contributed by atoms with Crippen LogP contribution in [-0.2, 0) is 0 Å². The number of β-amino-alcohol motifs (C(OH)–C–C–N with tert-alkyl or cyclic N) is 1. The molecule has 3 N–H and O–H groups in total. The van der Waals surface area contributed by atoms with Gasteiger partial charge in [0.05, 0.1) is 0 Å². The van der Waals surface area contributed by atoms with Crippen LogP contribution in [0.1, 0.15) is 32.6 Å². The number of aliphatic hydroxyl groups excluding tert-OH is 1. The Morgan fingerprint density at radius 3 is 2.67 bits per heavy atom. The third-order valence-electron chi connectivity index (χ3n) is 1.98. The van der Waals surface area contributed by atoms with Crippen molar-refractivity contribution >= 4 is 0 Å². The van der Waals surface area contributed by atoms with Crippen molar-refractivity contribution in [2.45, 2.75) is 32.4 Å². The van der Waals surface area contributed by atoms with Crippen molar-refractivity contribution in [3.8, 4) is 0 Å². The Hall–Kier alpha value is -1.13. The van der Waals surface area contributed by atoms with Crippen LogP contribution >= 0.6 is 0 Å². The summed E-state index contributed by atoms with van der Waals surface area (Å²) in [4.78, 5) is 13.6. The molecule has 0 radical (unpaired) electrons. The van der Waals surface area contributed by atoms with Crippen LogP contribution in [0.5, 0.6) is 0 Å². The van der Waals surface area contributed by atoms with Gasteiger partial charge in [0.2, 0.25) is 5.56 Å². The van der Waals surface area contributed by atoms with E-state index in [1.807, 2.05) is 20.8 Å². The van der Waals surface area contributed by atoms with Crippen molar-refractivity contribution in [2.24, 2.45) is 0 Å². The average molecular weight is 210 g/mol. The number of hydrogen-bond donors (Lipinski definition) is 3. The molecule has 1 unspecified atom stereocenters. The number of rotatable bonds is 3. The normalized spacial score (nSPS) is 13.9. The summed E-state index contributed by atoms with van der Waals surface area (Å²) >= 11 is 0. The molecule has 4 heteroatoms. The molecule has 1 atom stereocenters. The molecule has 0 aliphatic carbocycles. The van der Waals surface area contributed by atoms with Crippen molar-refractivity contribution in [3.05, 3.63) is 34.2 Å². The van der Waals surface area contributed by atoms with E-state index < -0.39 is 6.10 Å². The monoisotopic (exact) mass is 210 g/mol. The third kappa shape index (κ3) is 4.27. The Balaban J connectivity index is 2.62. The Morgan fingerprint density at radius 2 is 2.13 bits per heavy atom. The first-order chi connectivity index (χ1) is 6.88. The fourth-order valence-corrected chi connectivity index (χ4v) is 1.17. The summed E-state index contributed by atoms with van der Waals surface area (Å²) in [5.74, 6) is 0. The minimum absolute atomic E-state index is 0.0456. The number of aromatic amines is 1. The lowest BCUT2D eigenvalue weighted by molar-refractivity contribution is 0.158. The highest BCUT2D eigenvalue weighted by atomic mass is 16.3. The Bertz CT molecular complexity index is 365. The second kappa shape index (κ2) is 4.59. The lowest BCUT2D eigenvalue weighted by Gasteiger charge is -2.22. The lowest BCUT2D eigenvalue weighted by atomic mass is 10.1. The number of pyridine rings is 1. The van der Waals surface area contributed by atoms with E-state index in [4.69, 9.17) is 0 Å². The van der Waals surface area contributed by atoms with Gasteiger partial charge in [-0.3, -0.25) is 4.79 Å². The van der Waals surface area contributed by atoms with E-state index in [0.29, 0.717) is 12.2 Å². The standard InChI is InChI=1S/C11H18N2O2/c1-11(2,3)12-7-9(14)8-5-4-6-10(15)13-8/h4-6,9,12,14H,7H2,1-3H3,(H,13,15). The van der Waals surface area contributed by atoms with Crippen molar-refractivity contribution in [2.75, 3.05) is 6.54 Å². The fourth-order valence-electron chi connectivity index (χ4n) is 1.17. The zero-order valence-corrected chi connectivity index (χ0v) is 9.37. The molecular weight excluding hydrogens is 192 g/mol. The second-order valence-corrected chi connectivity index (χ2v) is 4.62. The van der Waals surface area contributed by atoms with Crippen LogP contribution < -0.4 is 10.9 Å². The fraction of sp³-hybridized carbons (Fsp3) is 0.545. The molecule has 1 aromatic rings. The summed E-state index contributed by atoms with van der Waals surface area (Å²) in [5, 5.41) is 12.9. The largest absolute Gasteiger partial charge is 0.386 e. The lowest BCUT2D eigenvalue weighted by Crippen LogP contribution is -2.38. The van der Waals surface area contributed by atoms with Crippen LogP contribution in [-0.4, -0.2) is 22.2 Å². The molecule has 84 valence electrons. The molecule has 0 saturated carbocycles. The van der Waals surface area contributed by atoms with E-state index in [-0.39, 0.29) is 11.1 Å². The predicted octanol–water partition coefficient (Wildman–Crippen LogP) is 0.796. The number of hydrogen-bond acceptors (Lipinski definition) is 3. The molecule has 1 aromatic heterocycles. The van der Waals surface area contributed by atoms with Gasteiger partial charge >= 0.3 is 0 Å². The second-order valence-electron chi connectivity index (χ2n) is 4.62. The molecule has 0 fully saturated rings. The summed E-state index contributed by atoms with van der Waals surface area (Å²) in [5.41, 5.74) is 0.303. The van der Waals surface area contributed by atoms with E-state index >= 15 is 0 Å². The maximum Gasteiger partial charge on any atom is 0.248 e. The zero-order chi connectivity index (χ0) is 11.5. The molecule has 0 spiro atoms. The SMILES string of the molecule is CC(C)(C)NCC(O)c1cccc(=O)[nH]1. The van der Waals surface area contributed by atoms with Gasteiger partial charge in [0.15, 0.2) is 0 Å². The minimum Gasteiger partial charge on any atom is -0.386 e. The zero-order valence-electron chi connectivity index (χ0n) is 9.37. The van der Waals surface area contributed by atoms with Gasteiger partial charge in [-0.2, -0.15) is 0 Å². The van der Waals surface area contributed by atoms with Crippen LogP contribution in [0.4, 0.5) is 0 Å². The van der Waals surface area contributed by atoms with Gasteiger partial charge in [-0.1, -0.05) is 6.07 Å². The molecule has 1 heterocycles. The Labute approximate surface area is 89.3 Å². The minimum atomic E-state index is -0.682. The van der Waals surface area contributed by atoms with Crippen molar-refractivity contribution in [1.29, 1.82) is 0 Å². The first kappa shape index (κ1) is 11.9. The van der Waals surface area contributed by atoms with Crippen LogP contribution in [0.15, 0.2) is 23.0 Å². The van der Waals surface area contributed by atoms with E-state index in [9.17, 15) is 9.90 Å². The van der Waals surface area contributed by atoms with Gasteiger partial charge in [0.25, 0.3) is 0 Å². The maximum absolute atomic E-state index is 11.0. The summed E-state index contributed by atoms with van der Waals surface area (Å²) in [7, 11) is 0. The van der Waals surface area contributed by atoms with Crippen LogP contribution in [0.3, 0.4) is 0 Å². The summed E-state index contributed by atoms with van der Waals surface area (Å²) in [6.45, 7) is 6.48. The molecule has 0 aromatic carbocycles. The molecule has 0 saturated heterocycles. The number of aromatic nitrogens is 1. The quantitative estimate of drug-likeness (QED) is 0.691. The highest BCUT2D eigenvalue weighted by Gasteiger charge is 2.13. The van der Waals surface area contributed by atoms with E-state index in [1.165, 1.54) is 6.07 Å². The van der Waals surface area contributed by atoms with E-state index in [0.717, 1.165) is 0 Å². The smallest absolute Gasteiger partial charge is 0.248 e. The van der Waals surface area contributed by atoms with Crippen LogP contribution in [0.25, 0.3) is 0 Å². The first-order valence-electron chi connectivity index (χ1n) is 5.01. The van der Waals surface area contributed by atoms with Gasteiger partial charge in [-0.25, -0.2) is 0 Å². The van der Waals surface area contributed by atoms with Crippen molar-refractivity contribution in [3.63, 3.8) is 0 Å².